The van der Waals surface area contributed by atoms with Gasteiger partial charge >= 0.3 is 0 Å². The molecule has 0 spiro atoms. The summed E-state index contributed by atoms with van der Waals surface area (Å²) in [5, 5.41) is 7.69. The first-order chi connectivity index (χ1) is 13.2. The lowest BCUT2D eigenvalue weighted by Gasteiger charge is -2.14. The van der Waals surface area contributed by atoms with Crippen LogP contribution < -0.4 is 15.5 Å². The van der Waals surface area contributed by atoms with E-state index in [1.165, 1.54) is 0 Å². The molecule has 5 heteroatoms. The summed E-state index contributed by atoms with van der Waals surface area (Å²) in [5.74, 6) is 1.34. The highest BCUT2D eigenvalue weighted by Crippen LogP contribution is 2.26. The largest absolute Gasteiger partial charge is 0.378 e. The Balaban J connectivity index is 1.68. The molecule has 3 aromatic carbocycles. The van der Waals surface area contributed by atoms with Gasteiger partial charge in [0.1, 0.15) is 5.82 Å². The van der Waals surface area contributed by atoms with Crippen LogP contribution >= 0.6 is 0 Å². The maximum absolute atomic E-state index is 4.71. The van der Waals surface area contributed by atoms with Crippen LogP contribution in [0.3, 0.4) is 0 Å². The van der Waals surface area contributed by atoms with Crippen LogP contribution in [-0.2, 0) is 0 Å². The predicted octanol–water partition coefficient (Wildman–Crippen LogP) is 5.18. The number of rotatable bonds is 5. The second-order valence-electron chi connectivity index (χ2n) is 6.47. The summed E-state index contributed by atoms with van der Waals surface area (Å²) in [5.41, 5.74) is 3.97. The summed E-state index contributed by atoms with van der Waals surface area (Å²) in [7, 11) is 4.05. The van der Waals surface area contributed by atoms with E-state index in [2.05, 4.69) is 32.7 Å². The van der Waals surface area contributed by atoms with Crippen molar-refractivity contribution in [2.24, 2.45) is 0 Å². The van der Waals surface area contributed by atoms with Crippen LogP contribution in [0.4, 0.5) is 28.8 Å². The molecule has 0 saturated heterocycles. The van der Waals surface area contributed by atoms with E-state index in [9.17, 15) is 0 Å². The van der Waals surface area contributed by atoms with Crippen molar-refractivity contribution < 1.29 is 0 Å². The molecule has 0 fully saturated rings. The number of anilines is 5. The molecule has 0 aliphatic heterocycles. The molecule has 0 radical (unpaired) electrons. The van der Waals surface area contributed by atoms with E-state index in [1.54, 1.807) is 0 Å². The molecule has 0 aliphatic carbocycles. The van der Waals surface area contributed by atoms with Crippen LogP contribution in [0.2, 0.25) is 0 Å². The number of nitrogens with one attached hydrogen (secondary N) is 2. The number of benzene rings is 3. The Morgan fingerprint density at radius 2 is 1.33 bits per heavy atom. The molecule has 0 unspecified atom stereocenters. The summed E-state index contributed by atoms with van der Waals surface area (Å²) >= 11 is 0. The van der Waals surface area contributed by atoms with E-state index in [-0.39, 0.29) is 0 Å². The van der Waals surface area contributed by atoms with Crippen LogP contribution in [0.1, 0.15) is 0 Å². The van der Waals surface area contributed by atoms with E-state index >= 15 is 0 Å². The van der Waals surface area contributed by atoms with Gasteiger partial charge in [0.05, 0.1) is 5.52 Å². The Morgan fingerprint density at radius 3 is 2.07 bits per heavy atom. The van der Waals surface area contributed by atoms with Gasteiger partial charge in [-0.3, -0.25) is 0 Å². The third kappa shape index (κ3) is 3.82. The highest BCUT2D eigenvalue weighted by atomic mass is 15.1. The number of hydrogen-bond donors (Lipinski definition) is 2. The summed E-state index contributed by atoms with van der Waals surface area (Å²) in [6.07, 6.45) is 0. The van der Waals surface area contributed by atoms with Crippen molar-refractivity contribution in [1.29, 1.82) is 0 Å². The fourth-order valence-electron chi connectivity index (χ4n) is 2.86. The molecule has 4 aromatic rings. The SMILES string of the molecule is CN(C)c1ccc(Nc2nc(Nc3ccccc3)c3ccccc3n2)cc1. The standard InChI is InChI=1S/C22H21N5/c1-27(2)18-14-12-17(13-15-18)24-22-25-20-11-7-6-10-19(20)21(26-22)23-16-8-4-3-5-9-16/h3-15H,1-2H3,(H2,23,24,25,26). The second-order valence-corrected chi connectivity index (χ2v) is 6.47. The Hall–Kier alpha value is -3.60. The topological polar surface area (TPSA) is 53.1 Å². The van der Waals surface area contributed by atoms with Gasteiger partial charge in [-0.2, -0.15) is 4.98 Å². The average molecular weight is 355 g/mol. The summed E-state index contributed by atoms with van der Waals surface area (Å²) < 4.78 is 0. The van der Waals surface area contributed by atoms with Gasteiger partial charge in [-0.15, -0.1) is 0 Å². The minimum Gasteiger partial charge on any atom is -0.378 e. The molecule has 1 aromatic heterocycles. The van der Waals surface area contributed by atoms with Gasteiger partial charge in [-0.05, 0) is 48.5 Å². The summed E-state index contributed by atoms with van der Waals surface area (Å²) in [4.78, 5) is 11.4. The smallest absolute Gasteiger partial charge is 0.229 e. The Bertz CT molecular complexity index is 1040. The molecule has 0 bridgehead atoms. The minimum atomic E-state index is 0.560. The fraction of sp³-hybridized carbons (Fsp3) is 0.0909. The normalized spacial score (nSPS) is 10.6. The van der Waals surface area contributed by atoms with Crippen LogP contribution in [0.5, 0.6) is 0 Å². The summed E-state index contributed by atoms with van der Waals surface area (Å²) in [6.45, 7) is 0. The van der Waals surface area contributed by atoms with E-state index < -0.39 is 0 Å². The number of para-hydroxylation sites is 2. The first-order valence-corrected chi connectivity index (χ1v) is 8.82. The molecule has 0 amide bonds. The van der Waals surface area contributed by atoms with Crippen molar-refractivity contribution in [1.82, 2.24) is 9.97 Å². The van der Waals surface area contributed by atoms with E-state index in [4.69, 9.17) is 4.98 Å². The monoisotopic (exact) mass is 355 g/mol. The molecule has 1 heterocycles. The van der Waals surface area contributed by atoms with E-state index in [1.807, 2.05) is 80.8 Å². The average Bonchev–Trinajstić information content (AvgIpc) is 2.69. The molecule has 27 heavy (non-hydrogen) atoms. The van der Waals surface area contributed by atoms with Crippen LogP contribution in [-0.4, -0.2) is 24.1 Å². The third-order valence-electron chi connectivity index (χ3n) is 4.28. The van der Waals surface area contributed by atoms with Crippen molar-refractivity contribution in [2.45, 2.75) is 0 Å². The predicted molar refractivity (Wildman–Crippen MR) is 113 cm³/mol. The van der Waals surface area contributed by atoms with Crippen LogP contribution in [0.15, 0.2) is 78.9 Å². The third-order valence-corrected chi connectivity index (χ3v) is 4.28. The maximum Gasteiger partial charge on any atom is 0.229 e. The number of fused-ring (bicyclic) bond motifs is 1. The fourth-order valence-corrected chi connectivity index (χ4v) is 2.86. The van der Waals surface area contributed by atoms with Crippen molar-refractivity contribution >= 4 is 39.7 Å². The second kappa shape index (κ2) is 7.33. The van der Waals surface area contributed by atoms with Crippen molar-refractivity contribution in [3.05, 3.63) is 78.9 Å². The molecule has 134 valence electrons. The summed E-state index contributed by atoms with van der Waals surface area (Å²) in [6, 6.07) is 26.2. The number of hydrogen-bond acceptors (Lipinski definition) is 5. The quantitative estimate of drug-likeness (QED) is 0.516. The van der Waals surface area contributed by atoms with Gasteiger partial charge in [0, 0.05) is 36.5 Å². The van der Waals surface area contributed by atoms with Gasteiger partial charge in [0.15, 0.2) is 0 Å². The Morgan fingerprint density at radius 1 is 0.667 bits per heavy atom. The molecule has 5 nitrogen and oxygen atoms in total. The molecular formula is C22H21N5. The van der Waals surface area contributed by atoms with Crippen LogP contribution in [0, 0.1) is 0 Å². The van der Waals surface area contributed by atoms with Gasteiger partial charge in [0.25, 0.3) is 0 Å². The first kappa shape index (κ1) is 16.8. The zero-order valence-corrected chi connectivity index (χ0v) is 15.3. The Labute approximate surface area is 158 Å². The molecular weight excluding hydrogens is 334 g/mol. The molecule has 2 N–H and O–H groups in total. The Kier molecular flexibility index (Phi) is 4.58. The zero-order valence-electron chi connectivity index (χ0n) is 15.3. The van der Waals surface area contributed by atoms with Gasteiger partial charge in [0.2, 0.25) is 5.95 Å². The van der Waals surface area contributed by atoms with Gasteiger partial charge < -0.3 is 15.5 Å². The van der Waals surface area contributed by atoms with Crippen molar-refractivity contribution in [3.63, 3.8) is 0 Å². The van der Waals surface area contributed by atoms with Crippen molar-refractivity contribution in [3.8, 4) is 0 Å². The highest BCUT2D eigenvalue weighted by Gasteiger charge is 2.08. The highest BCUT2D eigenvalue weighted by molar-refractivity contribution is 5.92. The first-order valence-electron chi connectivity index (χ1n) is 8.82. The molecule has 0 aliphatic rings. The maximum atomic E-state index is 4.71. The van der Waals surface area contributed by atoms with E-state index in [0.717, 1.165) is 33.8 Å². The number of nitrogens with zero attached hydrogens (tertiary/aromatic N) is 3. The number of aromatic nitrogens is 2. The molecule has 0 saturated carbocycles. The molecule has 0 atom stereocenters. The van der Waals surface area contributed by atoms with E-state index in [0.29, 0.717) is 5.95 Å². The lowest BCUT2D eigenvalue weighted by molar-refractivity contribution is 1.13. The minimum absolute atomic E-state index is 0.560. The zero-order chi connectivity index (χ0) is 18.6. The van der Waals surface area contributed by atoms with Crippen LogP contribution in [0.25, 0.3) is 10.9 Å². The van der Waals surface area contributed by atoms with Crippen molar-refractivity contribution in [2.75, 3.05) is 29.6 Å². The van der Waals surface area contributed by atoms with Gasteiger partial charge in [-0.25, -0.2) is 4.98 Å². The lowest BCUT2D eigenvalue weighted by Crippen LogP contribution is -2.08. The van der Waals surface area contributed by atoms with Gasteiger partial charge in [-0.1, -0.05) is 30.3 Å². The molecule has 4 rings (SSSR count). The lowest BCUT2D eigenvalue weighted by atomic mass is 10.2.